The molecule has 18 heavy (non-hydrogen) atoms. The lowest BCUT2D eigenvalue weighted by molar-refractivity contribution is -0.137. The van der Waals surface area contributed by atoms with Crippen LogP contribution in [0.3, 0.4) is 0 Å². The van der Waals surface area contributed by atoms with Crippen molar-refractivity contribution in [2.45, 2.75) is 19.1 Å². The molecule has 6 heteroatoms. The van der Waals surface area contributed by atoms with Crippen LogP contribution in [0.25, 0.3) is 0 Å². The quantitative estimate of drug-likeness (QED) is 0.853. The molecule has 0 aliphatic carbocycles. The van der Waals surface area contributed by atoms with Crippen LogP contribution in [0.5, 0.6) is 0 Å². The summed E-state index contributed by atoms with van der Waals surface area (Å²) in [5.74, 6) is 0. The Morgan fingerprint density at radius 1 is 1.39 bits per heavy atom. The Hall–Kier alpha value is -0.750. The highest BCUT2D eigenvalue weighted by atomic mass is 79.9. The van der Waals surface area contributed by atoms with Crippen LogP contribution in [-0.4, -0.2) is 25.7 Å². The number of alkyl halides is 3. The predicted octanol–water partition coefficient (Wildman–Crippen LogP) is 3.27. The second-order valence-corrected chi connectivity index (χ2v) is 5.38. The van der Waals surface area contributed by atoms with Gasteiger partial charge < -0.3 is 10.2 Å². The lowest BCUT2D eigenvalue weighted by Gasteiger charge is -2.35. The van der Waals surface area contributed by atoms with Crippen molar-refractivity contribution in [2.75, 3.05) is 24.5 Å². The first kappa shape index (κ1) is 13.7. The first-order chi connectivity index (χ1) is 8.38. The zero-order valence-electron chi connectivity index (χ0n) is 9.89. The van der Waals surface area contributed by atoms with Gasteiger partial charge in [0.25, 0.3) is 0 Å². The van der Waals surface area contributed by atoms with Crippen molar-refractivity contribution >= 4 is 21.6 Å². The Balaban J connectivity index is 2.38. The van der Waals surface area contributed by atoms with Crippen molar-refractivity contribution in [3.05, 3.63) is 28.2 Å². The fourth-order valence-electron chi connectivity index (χ4n) is 2.16. The van der Waals surface area contributed by atoms with E-state index in [4.69, 9.17) is 0 Å². The molecule has 1 unspecified atom stereocenters. The van der Waals surface area contributed by atoms with Gasteiger partial charge in [0.1, 0.15) is 0 Å². The van der Waals surface area contributed by atoms with E-state index in [0.29, 0.717) is 24.1 Å². The molecule has 0 saturated carbocycles. The van der Waals surface area contributed by atoms with Crippen LogP contribution in [0, 0.1) is 0 Å². The van der Waals surface area contributed by atoms with E-state index in [2.05, 4.69) is 21.2 Å². The molecule has 0 radical (unpaired) electrons. The fourth-order valence-corrected chi connectivity index (χ4v) is 2.51. The number of nitrogens with zero attached hydrogens (tertiary/aromatic N) is 1. The first-order valence-corrected chi connectivity index (χ1v) is 6.52. The van der Waals surface area contributed by atoms with Gasteiger partial charge in [0, 0.05) is 30.1 Å². The summed E-state index contributed by atoms with van der Waals surface area (Å²) in [6.07, 6.45) is -4.32. The van der Waals surface area contributed by atoms with E-state index in [-0.39, 0.29) is 11.7 Å². The molecule has 1 aromatic rings. The Bertz CT molecular complexity index is 434. The molecule has 1 atom stereocenters. The van der Waals surface area contributed by atoms with Crippen molar-refractivity contribution < 1.29 is 13.2 Å². The topological polar surface area (TPSA) is 15.3 Å². The Morgan fingerprint density at radius 2 is 2.11 bits per heavy atom. The summed E-state index contributed by atoms with van der Waals surface area (Å²) < 4.78 is 39.6. The van der Waals surface area contributed by atoms with Gasteiger partial charge >= 0.3 is 6.18 Å². The molecule has 0 spiro atoms. The maximum Gasteiger partial charge on any atom is 0.418 e. The molecule has 2 nitrogen and oxygen atoms in total. The highest BCUT2D eigenvalue weighted by Crippen LogP contribution is 2.38. The molecule has 1 aliphatic heterocycles. The summed E-state index contributed by atoms with van der Waals surface area (Å²) in [7, 11) is 0. The average molecular weight is 323 g/mol. The van der Waals surface area contributed by atoms with Crippen LogP contribution >= 0.6 is 15.9 Å². The summed E-state index contributed by atoms with van der Waals surface area (Å²) in [4.78, 5) is 1.79. The van der Waals surface area contributed by atoms with Crippen LogP contribution in [0.2, 0.25) is 0 Å². The third-order valence-electron chi connectivity index (χ3n) is 2.97. The molecule has 1 fully saturated rings. The van der Waals surface area contributed by atoms with E-state index in [9.17, 15) is 13.2 Å². The number of hydrogen-bond donors (Lipinski definition) is 1. The summed E-state index contributed by atoms with van der Waals surface area (Å²) in [5.41, 5.74) is -0.315. The van der Waals surface area contributed by atoms with Gasteiger partial charge in [-0.2, -0.15) is 13.2 Å². The van der Waals surface area contributed by atoms with E-state index in [0.717, 1.165) is 6.07 Å². The summed E-state index contributed by atoms with van der Waals surface area (Å²) in [6, 6.07) is 4.30. The van der Waals surface area contributed by atoms with Crippen molar-refractivity contribution in [3.63, 3.8) is 0 Å². The first-order valence-electron chi connectivity index (χ1n) is 5.73. The normalized spacial score (nSPS) is 21.2. The highest BCUT2D eigenvalue weighted by Gasteiger charge is 2.35. The number of hydrogen-bond acceptors (Lipinski definition) is 2. The minimum Gasteiger partial charge on any atom is -0.368 e. The number of piperazine rings is 1. The standard InChI is InChI=1S/C12H14BrF3N2/c1-8-7-18(5-4-17-8)11-6-9(13)2-3-10(11)12(14,15)16/h2-3,6,8,17H,4-5,7H2,1H3. The minimum absolute atomic E-state index is 0.193. The Kier molecular flexibility index (Phi) is 3.87. The van der Waals surface area contributed by atoms with Crippen LogP contribution in [-0.2, 0) is 6.18 Å². The molecule has 0 amide bonds. The maximum absolute atomic E-state index is 13.0. The number of anilines is 1. The predicted molar refractivity (Wildman–Crippen MR) is 68.8 cm³/mol. The Labute approximate surface area is 112 Å². The number of nitrogens with one attached hydrogen (secondary N) is 1. The van der Waals surface area contributed by atoms with E-state index in [1.807, 2.05) is 6.92 Å². The smallest absolute Gasteiger partial charge is 0.368 e. The third kappa shape index (κ3) is 2.98. The van der Waals surface area contributed by atoms with Crippen molar-refractivity contribution in [3.8, 4) is 0 Å². The lowest BCUT2D eigenvalue weighted by atomic mass is 10.1. The van der Waals surface area contributed by atoms with Gasteiger partial charge in [0.15, 0.2) is 0 Å². The second kappa shape index (κ2) is 5.09. The van der Waals surface area contributed by atoms with Gasteiger partial charge in [-0.15, -0.1) is 0 Å². The summed E-state index contributed by atoms with van der Waals surface area (Å²) in [6.45, 7) is 3.84. The largest absolute Gasteiger partial charge is 0.418 e. The van der Waals surface area contributed by atoms with Gasteiger partial charge in [-0.05, 0) is 25.1 Å². The molecule has 100 valence electrons. The minimum atomic E-state index is -4.32. The average Bonchev–Trinajstić information content (AvgIpc) is 2.27. The van der Waals surface area contributed by atoms with E-state index in [1.54, 1.807) is 11.0 Å². The van der Waals surface area contributed by atoms with Gasteiger partial charge in [0.2, 0.25) is 0 Å². The van der Waals surface area contributed by atoms with Crippen LogP contribution in [0.1, 0.15) is 12.5 Å². The molecular formula is C12H14BrF3N2. The van der Waals surface area contributed by atoms with Crippen LogP contribution in [0.4, 0.5) is 18.9 Å². The molecule has 1 N–H and O–H groups in total. The monoisotopic (exact) mass is 322 g/mol. The second-order valence-electron chi connectivity index (χ2n) is 4.46. The molecule has 0 bridgehead atoms. The summed E-state index contributed by atoms with van der Waals surface area (Å²) >= 11 is 3.24. The van der Waals surface area contributed by atoms with Crippen LogP contribution < -0.4 is 10.2 Å². The summed E-state index contributed by atoms with van der Waals surface area (Å²) in [5, 5.41) is 3.22. The van der Waals surface area contributed by atoms with Crippen molar-refractivity contribution in [1.82, 2.24) is 5.32 Å². The van der Waals surface area contributed by atoms with E-state index >= 15 is 0 Å². The fraction of sp³-hybridized carbons (Fsp3) is 0.500. The molecule has 0 aromatic heterocycles. The van der Waals surface area contributed by atoms with Crippen LogP contribution in [0.15, 0.2) is 22.7 Å². The number of benzene rings is 1. The molecule has 1 saturated heterocycles. The van der Waals surface area contributed by atoms with Gasteiger partial charge in [0.05, 0.1) is 11.3 Å². The zero-order chi connectivity index (χ0) is 13.3. The zero-order valence-corrected chi connectivity index (χ0v) is 11.5. The molecular weight excluding hydrogens is 309 g/mol. The molecule has 1 heterocycles. The van der Waals surface area contributed by atoms with Gasteiger partial charge in [-0.3, -0.25) is 0 Å². The third-order valence-corrected chi connectivity index (χ3v) is 3.47. The molecule has 1 aromatic carbocycles. The SMILES string of the molecule is CC1CN(c2cc(Br)ccc2C(F)(F)F)CCN1. The maximum atomic E-state index is 13.0. The Morgan fingerprint density at radius 3 is 2.72 bits per heavy atom. The van der Waals surface area contributed by atoms with Crippen molar-refractivity contribution in [2.24, 2.45) is 0 Å². The number of rotatable bonds is 1. The van der Waals surface area contributed by atoms with Gasteiger partial charge in [-0.25, -0.2) is 0 Å². The van der Waals surface area contributed by atoms with E-state index < -0.39 is 11.7 Å². The van der Waals surface area contributed by atoms with Gasteiger partial charge in [-0.1, -0.05) is 15.9 Å². The lowest BCUT2D eigenvalue weighted by Crippen LogP contribution is -2.49. The molecule has 1 aliphatic rings. The van der Waals surface area contributed by atoms with E-state index in [1.165, 1.54) is 6.07 Å². The number of halogens is 4. The molecule has 2 rings (SSSR count). The van der Waals surface area contributed by atoms with Crippen molar-refractivity contribution in [1.29, 1.82) is 0 Å². The highest BCUT2D eigenvalue weighted by molar-refractivity contribution is 9.10.